The first kappa shape index (κ1) is 22.7. The summed E-state index contributed by atoms with van der Waals surface area (Å²) in [6, 6.07) is -4.38. The zero-order valence-corrected chi connectivity index (χ0v) is 15.6. The summed E-state index contributed by atoms with van der Waals surface area (Å²) in [6.07, 6.45) is 0.00396. The van der Waals surface area contributed by atoms with Crippen LogP contribution in [-0.4, -0.2) is 81.2 Å². The number of amides is 3. The first-order valence-corrected chi connectivity index (χ1v) is 8.94. The zero-order chi connectivity index (χ0) is 20.7. The van der Waals surface area contributed by atoms with Gasteiger partial charge >= 0.3 is 11.9 Å². The van der Waals surface area contributed by atoms with Gasteiger partial charge in [-0.15, -0.1) is 0 Å². The van der Waals surface area contributed by atoms with Crippen molar-refractivity contribution < 1.29 is 34.2 Å². The number of nitrogens with one attached hydrogen (secondary N) is 2. The van der Waals surface area contributed by atoms with Crippen molar-refractivity contribution in [3.8, 4) is 0 Å². The number of carboxylic acids is 2. The number of carbonyl (C=O) groups is 5. The van der Waals surface area contributed by atoms with Crippen molar-refractivity contribution in [2.45, 2.75) is 50.4 Å². The number of carboxylic acid groups (broad SMARTS) is 2. The molecule has 1 aliphatic rings. The molecular formula is C15H24N4O7S. The molecule has 12 heteroatoms. The molecule has 0 bridgehead atoms. The van der Waals surface area contributed by atoms with E-state index in [0.29, 0.717) is 6.42 Å². The molecule has 3 amide bonds. The van der Waals surface area contributed by atoms with Gasteiger partial charge in [0.1, 0.15) is 18.1 Å². The summed E-state index contributed by atoms with van der Waals surface area (Å²) in [5, 5.41) is 22.4. The Morgan fingerprint density at radius 2 is 1.81 bits per heavy atom. The molecule has 4 atom stereocenters. The van der Waals surface area contributed by atoms with Crippen LogP contribution in [0.4, 0.5) is 0 Å². The van der Waals surface area contributed by atoms with E-state index in [4.69, 9.17) is 15.9 Å². The van der Waals surface area contributed by atoms with E-state index in [0.717, 1.165) is 0 Å². The number of thiol groups is 1. The lowest BCUT2D eigenvalue weighted by Crippen LogP contribution is -2.57. The standard InChI is InChI=1S/C15H24N4O7S/c1-7(16)12(22)18-9(6-27)14(24)19-4-2-3-10(19)13(23)17-8(15(25)26)5-11(20)21/h7-10,27H,2-6,16H2,1H3,(H,17,23)(H,18,22)(H,20,21)(H,25,26). The molecule has 1 saturated heterocycles. The van der Waals surface area contributed by atoms with Gasteiger partial charge < -0.3 is 31.5 Å². The van der Waals surface area contributed by atoms with Crippen LogP contribution in [-0.2, 0) is 24.0 Å². The highest BCUT2D eigenvalue weighted by Crippen LogP contribution is 2.19. The number of carbonyl (C=O) groups excluding carboxylic acids is 3. The van der Waals surface area contributed by atoms with Crippen molar-refractivity contribution in [3.63, 3.8) is 0 Å². The van der Waals surface area contributed by atoms with Crippen LogP contribution in [0.2, 0.25) is 0 Å². The Morgan fingerprint density at radius 1 is 1.19 bits per heavy atom. The molecular weight excluding hydrogens is 380 g/mol. The monoisotopic (exact) mass is 404 g/mol. The van der Waals surface area contributed by atoms with Gasteiger partial charge in [-0.3, -0.25) is 19.2 Å². The number of nitrogens with zero attached hydrogens (tertiary/aromatic N) is 1. The first-order chi connectivity index (χ1) is 12.6. The third-order valence-corrected chi connectivity index (χ3v) is 4.41. The van der Waals surface area contributed by atoms with Crippen molar-refractivity contribution in [2.24, 2.45) is 5.73 Å². The fourth-order valence-electron chi connectivity index (χ4n) is 2.63. The minimum atomic E-state index is -1.61. The van der Waals surface area contributed by atoms with E-state index in [2.05, 4.69) is 23.3 Å². The molecule has 1 fully saturated rings. The fourth-order valence-corrected chi connectivity index (χ4v) is 2.88. The third-order valence-electron chi connectivity index (χ3n) is 4.04. The lowest BCUT2D eigenvalue weighted by Gasteiger charge is -2.29. The minimum absolute atomic E-state index is 0.0150. The first-order valence-electron chi connectivity index (χ1n) is 8.30. The van der Waals surface area contributed by atoms with Crippen LogP contribution in [0, 0.1) is 0 Å². The Hall–Kier alpha value is -2.34. The van der Waals surface area contributed by atoms with Crippen LogP contribution in [0.3, 0.4) is 0 Å². The zero-order valence-electron chi connectivity index (χ0n) is 14.8. The average molecular weight is 404 g/mol. The average Bonchev–Trinajstić information content (AvgIpc) is 3.07. The SMILES string of the molecule is CC(N)C(=O)NC(CS)C(=O)N1CCCC1C(=O)NC(CC(=O)O)C(=O)O. The Balaban J connectivity index is 2.84. The summed E-state index contributed by atoms with van der Waals surface area (Å²) in [4.78, 5) is 59.9. The third kappa shape index (κ3) is 6.40. The van der Waals surface area contributed by atoms with Crippen molar-refractivity contribution in [1.82, 2.24) is 15.5 Å². The number of aliphatic carboxylic acids is 2. The van der Waals surface area contributed by atoms with Crippen molar-refractivity contribution in [3.05, 3.63) is 0 Å². The van der Waals surface area contributed by atoms with Gasteiger partial charge in [-0.2, -0.15) is 12.6 Å². The van der Waals surface area contributed by atoms with Gasteiger partial charge in [-0.25, -0.2) is 4.79 Å². The van der Waals surface area contributed by atoms with Crippen molar-refractivity contribution in [2.75, 3.05) is 12.3 Å². The Kier molecular flexibility index (Phi) is 8.50. The van der Waals surface area contributed by atoms with Gasteiger partial charge in [-0.1, -0.05) is 0 Å². The molecule has 4 unspecified atom stereocenters. The molecule has 27 heavy (non-hydrogen) atoms. The molecule has 1 heterocycles. The molecule has 1 aliphatic heterocycles. The number of nitrogens with two attached hydrogens (primary N) is 1. The van der Waals surface area contributed by atoms with Crippen LogP contribution in [0.25, 0.3) is 0 Å². The van der Waals surface area contributed by atoms with Crippen LogP contribution in [0.1, 0.15) is 26.2 Å². The molecule has 0 radical (unpaired) electrons. The number of likely N-dealkylation sites (tertiary alicyclic amines) is 1. The van der Waals surface area contributed by atoms with E-state index in [-0.39, 0.29) is 18.7 Å². The number of rotatable bonds is 9. The van der Waals surface area contributed by atoms with Crippen LogP contribution < -0.4 is 16.4 Å². The van der Waals surface area contributed by atoms with Crippen LogP contribution >= 0.6 is 12.6 Å². The summed E-state index contributed by atoms with van der Waals surface area (Å²) in [7, 11) is 0. The number of hydrogen-bond donors (Lipinski definition) is 6. The Labute approximate surface area is 161 Å². The van der Waals surface area contributed by atoms with Gasteiger partial charge in [0.05, 0.1) is 12.5 Å². The molecule has 1 rings (SSSR count). The van der Waals surface area contributed by atoms with E-state index in [9.17, 15) is 24.0 Å². The second kappa shape index (κ2) is 10.1. The van der Waals surface area contributed by atoms with E-state index < -0.39 is 60.2 Å². The number of hydrogen-bond acceptors (Lipinski definition) is 7. The summed E-state index contributed by atoms with van der Waals surface area (Å²) in [5.41, 5.74) is 5.46. The predicted octanol–water partition coefficient (Wildman–Crippen LogP) is -2.22. The van der Waals surface area contributed by atoms with Crippen molar-refractivity contribution >= 4 is 42.3 Å². The molecule has 0 aromatic rings. The van der Waals surface area contributed by atoms with E-state index in [1.165, 1.54) is 11.8 Å². The molecule has 0 spiro atoms. The second-order valence-electron chi connectivity index (χ2n) is 6.22. The fraction of sp³-hybridized carbons (Fsp3) is 0.667. The highest BCUT2D eigenvalue weighted by molar-refractivity contribution is 7.80. The summed E-state index contributed by atoms with van der Waals surface area (Å²) < 4.78 is 0. The van der Waals surface area contributed by atoms with Crippen molar-refractivity contribution in [1.29, 1.82) is 0 Å². The van der Waals surface area contributed by atoms with Gasteiger partial charge in [0.15, 0.2) is 0 Å². The van der Waals surface area contributed by atoms with E-state index in [1.54, 1.807) is 0 Å². The van der Waals surface area contributed by atoms with Gasteiger partial charge in [0.2, 0.25) is 17.7 Å². The topological polar surface area (TPSA) is 179 Å². The predicted molar refractivity (Wildman–Crippen MR) is 96.0 cm³/mol. The highest BCUT2D eigenvalue weighted by atomic mass is 32.1. The van der Waals surface area contributed by atoms with E-state index >= 15 is 0 Å². The summed E-state index contributed by atoms with van der Waals surface area (Å²) >= 11 is 4.05. The largest absolute Gasteiger partial charge is 0.481 e. The quantitative estimate of drug-likeness (QED) is 0.234. The minimum Gasteiger partial charge on any atom is -0.481 e. The molecule has 6 N–H and O–H groups in total. The molecule has 0 saturated carbocycles. The molecule has 152 valence electrons. The Bertz CT molecular complexity index is 613. The maximum absolute atomic E-state index is 12.7. The van der Waals surface area contributed by atoms with Gasteiger partial charge in [0, 0.05) is 12.3 Å². The molecule has 11 nitrogen and oxygen atoms in total. The molecule has 0 aliphatic carbocycles. The van der Waals surface area contributed by atoms with Crippen LogP contribution in [0.5, 0.6) is 0 Å². The molecule has 0 aromatic heterocycles. The summed E-state index contributed by atoms with van der Waals surface area (Å²) in [6.45, 7) is 1.70. The lowest BCUT2D eigenvalue weighted by molar-refractivity contribution is -0.148. The maximum atomic E-state index is 12.7. The highest BCUT2D eigenvalue weighted by Gasteiger charge is 2.38. The molecule has 0 aromatic carbocycles. The van der Waals surface area contributed by atoms with Crippen LogP contribution in [0.15, 0.2) is 0 Å². The maximum Gasteiger partial charge on any atom is 0.326 e. The second-order valence-corrected chi connectivity index (χ2v) is 6.58. The van der Waals surface area contributed by atoms with Gasteiger partial charge in [0.25, 0.3) is 0 Å². The normalized spacial score (nSPS) is 19.7. The summed E-state index contributed by atoms with van der Waals surface area (Å²) in [5.74, 6) is -4.73. The lowest BCUT2D eigenvalue weighted by atomic mass is 10.1. The van der Waals surface area contributed by atoms with Gasteiger partial charge in [-0.05, 0) is 19.8 Å². The Morgan fingerprint density at radius 3 is 2.30 bits per heavy atom. The van der Waals surface area contributed by atoms with E-state index in [1.807, 2.05) is 0 Å². The smallest absolute Gasteiger partial charge is 0.326 e.